The Balaban J connectivity index is 1.72. The molecule has 1 aliphatic rings. The number of nitrogens with one attached hydrogen (secondary N) is 1. The standard InChI is InChI=1S/C15H19N3S/c19-15-16-14(13-6-2-1-3-7-13)12-18(15)11-10-17-8-4-5-9-17/h1-3,6-7,12H,4-5,8-11H2,(H,16,19). The van der Waals surface area contributed by atoms with Crippen molar-refractivity contribution in [2.45, 2.75) is 19.4 Å². The van der Waals surface area contributed by atoms with Gasteiger partial charge < -0.3 is 14.5 Å². The molecule has 19 heavy (non-hydrogen) atoms. The lowest BCUT2D eigenvalue weighted by Crippen LogP contribution is -2.23. The lowest BCUT2D eigenvalue weighted by atomic mass is 10.2. The van der Waals surface area contributed by atoms with Crippen molar-refractivity contribution in [2.24, 2.45) is 0 Å². The van der Waals surface area contributed by atoms with E-state index in [2.05, 4.69) is 32.8 Å². The lowest BCUT2D eigenvalue weighted by Gasteiger charge is -2.14. The minimum atomic E-state index is 0.818. The van der Waals surface area contributed by atoms with Crippen molar-refractivity contribution in [3.8, 4) is 11.3 Å². The smallest absolute Gasteiger partial charge is 0.177 e. The van der Waals surface area contributed by atoms with Crippen molar-refractivity contribution in [3.05, 3.63) is 41.3 Å². The fourth-order valence-corrected chi connectivity index (χ4v) is 2.87. The van der Waals surface area contributed by atoms with E-state index in [1.54, 1.807) is 0 Å². The Morgan fingerprint density at radius 2 is 1.79 bits per heavy atom. The summed E-state index contributed by atoms with van der Waals surface area (Å²) in [5.41, 5.74) is 2.29. The number of aromatic amines is 1. The Bertz CT molecular complexity index is 579. The summed E-state index contributed by atoms with van der Waals surface area (Å²) in [7, 11) is 0. The molecule has 0 radical (unpaired) electrons. The van der Waals surface area contributed by atoms with E-state index in [1.807, 2.05) is 18.2 Å². The average molecular weight is 273 g/mol. The minimum absolute atomic E-state index is 0.818. The van der Waals surface area contributed by atoms with E-state index in [4.69, 9.17) is 12.2 Å². The van der Waals surface area contributed by atoms with Crippen molar-refractivity contribution in [1.29, 1.82) is 0 Å². The molecule has 1 saturated heterocycles. The number of rotatable bonds is 4. The number of hydrogen-bond acceptors (Lipinski definition) is 2. The number of likely N-dealkylation sites (tertiary alicyclic amines) is 1. The molecule has 1 aliphatic heterocycles. The predicted molar refractivity (Wildman–Crippen MR) is 80.7 cm³/mol. The molecule has 1 fully saturated rings. The van der Waals surface area contributed by atoms with Crippen LogP contribution in [0.1, 0.15) is 12.8 Å². The molecule has 2 heterocycles. The van der Waals surface area contributed by atoms with Gasteiger partial charge in [0.1, 0.15) is 0 Å². The van der Waals surface area contributed by atoms with Crippen LogP contribution < -0.4 is 0 Å². The first-order valence-corrected chi connectivity index (χ1v) is 7.31. The molecule has 3 nitrogen and oxygen atoms in total. The minimum Gasteiger partial charge on any atom is -0.331 e. The van der Waals surface area contributed by atoms with Gasteiger partial charge in [-0.25, -0.2) is 0 Å². The van der Waals surface area contributed by atoms with Gasteiger partial charge in [0.2, 0.25) is 0 Å². The second-order valence-electron chi connectivity index (χ2n) is 5.08. The van der Waals surface area contributed by atoms with Crippen LogP contribution in [-0.4, -0.2) is 34.1 Å². The van der Waals surface area contributed by atoms with E-state index < -0.39 is 0 Å². The van der Waals surface area contributed by atoms with Crippen LogP contribution in [0.25, 0.3) is 11.3 Å². The largest absolute Gasteiger partial charge is 0.331 e. The Morgan fingerprint density at radius 1 is 1.05 bits per heavy atom. The van der Waals surface area contributed by atoms with Crippen LogP contribution >= 0.6 is 12.2 Å². The van der Waals surface area contributed by atoms with E-state index in [1.165, 1.54) is 31.5 Å². The molecule has 4 heteroatoms. The molecule has 1 aromatic carbocycles. The molecule has 3 rings (SSSR count). The highest BCUT2D eigenvalue weighted by Gasteiger charge is 2.11. The summed E-state index contributed by atoms with van der Waals surface area (Å²) in [5, 5.41) is 0. The summed E-state index contributed by atoms with van der Waals surface area (Å²) in [5.74, 6) is 0. The van der Waals surface area contributed by atoms with Gasteiger partial charge in [-0.3, -0.25) is 0 Å². The summed E-state index contributed by atoms with van der Waals surface area (Å²) >= 11 is 5.40. The van der Waals surface area contributed by atoms with Crippen LogP contribution in [0.2, 0.25) is 0 Å². The van der Waals surface area contributed by atoms with Crippen LogP contribution in [0, 0.1) is 4.77 Å². The second kappa shape index (κ2) is 5.72. The monoisotopic (exact) mass is 273 g/mol. The van der Waals surface area contributed by atoms with Crippen LogP contribution in [-0.2, 0) is 6.54 Å². The third-order valence-electron chi connectivity index (χ3n) is 3.73. The topological polar surface area (TPSA) is 24.0 Å². The predicted octanol–water partition coefficient (Wildman–Crippen LogP) is 3.31. The van der Waals surface area contributed by atoms with Gasteiger partial charge in [0.25, 0.3) is 0 Å². The molecule has 0 unspecified atom stereocenters. The lowest BCUT2D eigenvalue weighted by molar-refractivity contribution is 0.322. The summed E-state index contributed by atoms with van der Waals surface area (Å²) in [6.45, 7) is 4.55. The highest BCUT2D eigenvalue weighted by Crippen LogP contribution is 2.17. The van der Waals surface area contributed by atoms with Crippen LogP contribution in [0.5, 0.6) is 0 Å². The molecule has 0 saturated carbocycles. The van der Waals surface area contributed by atoms with Gasteiger partial charge in [-0.2, -0.15) is 0 Å². The maximum absolute atomic E-state index is 5.40. The molecule has 0 atom stereocenters. The number of nitrogens with zero attached hydrogens (tertiary/aromatic N) is 2. The molecule has 2 aromatic rings. The van der Waals surface area contributed by atoms with Gasteiger partial charge in [-0.05, 0) is 43.7 Å². The van der Waals surface area contributed by atoms with Crippen molar-refractivity contribution in [1.82, 2.24) is 14.5 Å². The zero-order chi connectivity index (χ0) is 13.1. The van der Waals surface area contributed by atoms with Crippen molar-refractivity contribution in [3.63, 3.8) is 0 Å². The quantitative estimate of drug-likeness (QED) is 0.864. The number of benzene rings is 1. The SMILES string of the molecule is S=c1[nH]c(-c2ccccc2)cn1CCN1CCCC1. The van der Waals surface area contributed by atoms with Gasteiger partial charge in [0.05, 0.1) is 5.69 Å². The van der Waals surface area contributed by atoms with Crippen molar-refractivity contribution < 1.29 is 0 Å². The fraction of sp³-hybridized carbons (Fsp3) is 0.400. The van der Waals surface area contributed by atoms with Gasteiger partial charge in [0, 0.05) is 19.3 Å². The third-order valence-corrected chi connectivity index (χ3v) is 4.06. The van der Waals surface area contributed by atoms with Crippen molar-refractivity contribution >= 4 is 12.2 Å². The zero-order valence-corrected chi connectivity index (χ0v) is 11.8. The summed E-state index contributed by atoms with van der Waals surface area (Å²) in [6, 6.07) is 10.3. The van der Waals surface area contributed by atoms with Gasteiger partial charge in [-0.15, -0.1) is 0 Å². The van der Waals surface area contributed by atoms with Gasteiger partial charge in [0.15, 0.2) is 4.77 Å². The highest BCUT2D eigenvalue weighted by molar-refractivity contribution is 7.71. The molecule has 0 bridgehead atoms. The molecule has 0 spiro atoms. The maximum atomic E-state index is 5.40. The highest BCUT2D eigenvalue weighted by atomic mass is 32.1. The molecule has 1 aromatic heterocycles. The summed E-state index contributed by atoms with van der Waals surface area (Å²) < 4.78 is 2.97. The summed E-state index contributed by atoms with van der Waals surface area (Å²) in [4.78, 5) is 5.81. The fourth-order valence-electron chi connectivity index (χ4n) is 2.62. The van der Waals surface area contributed by atoms with Crippen molar-refractivity contribution in [2.75, 3.05) is 19.6 Å². The number of imidazole rings is 1. The Labute approximate surface area is 118 Å². The van der Waals surface area contributed by atoms with Crippen LogP contribution in [0.3, 0.4) is 0 Å². The first kappa shape index (κ1) is 12.6. The number of H-pyrrole nitrogens is 1. The molecule has 0 aliphatic carbocycles. The molecule has 100 valence electrons. The number of aromatic nitrogens is 2. The molecular formula is C15H19N3S. The van der Waals surface area contributed by atoms with Gasteiger partial charge >= 0.3 is 0 Å². The van der Waals surface area contributed by atoms with E-state index in [0.717, 1.165) is 23.6 Å². The normalized spacial score (nSPS) is 16.0. The molecule has 1 N–H and O–H groups in total. The Kier molecular flexibility index (Phi) is 3.80. The van der Waals surface area contributed by atoms with E-state index in [-0.39, 0.29) is 0 Å². The number of hydrogen-bond donors (Lipinski definition) is 1. The van der Waals surface area contributed by atoms with E-state index in [0.29, 0.717) is 0 Å². The third kappa shape index (κ3) is 2.96. The van der Waals surface area contributed by atoms with E-state index in [9.17, 15) is 0 Å². The summed E-state index contributed by atoms with van der Waals surface area (Å²) in [6.07, 6.45) is 4.81. The molecule has 0 amide bonds. The van der Waals surface area contributed by atoms with E-state index >= 15 is 0 Å². The first-order valence-electron chi connectivity index (χ1n) is 6.90. The Hall–Kier alpha value is -1.39. The average Bonchev–Trinajstić information content (AvgIpc) is 3.07. The second-order valence-corrected chi connectivity index (χ2v) is 5.47. The van der Waals surface area contributed by atoms with Gasteiger partial charge in [-0.1, -0.05) is 30.3 Å². The van der Waals surface area contributed by atoms with Crippen LogP contribution in [0.4, 0.5) is 0 Å². The molecular weight excluding hydrogens is 254 g/mol. The van der Waals surface area contributed by atoms with Crippen LogP contribution in [0.15, 0.2) is 36.5 Å². The first-order chi connectivity index (χ1) is 9.33. The zero-order valence-electron chi connectivity index (χ0n) is 11.0. The maximum Gasteiger partial charge on any atom is 0.177 e. The Morgan fingerprint density at radius 3 is 2.53 bits per heavy atom.